The molecule has 0 radical (unpaired) electrons. The lowest BCUT2D eigenvalue weighted by Crippen LogP contribution is -2.25. The van der Waals surface area contributed by atoms with Gasteiger partial charge >= 0.3 is 0 Å². The predicted molar refractivity (Wildman–Crippen MR) is 142 cm³/mol. The summed E-state index contributed by atoms with van der Waals surface area (Å²) in [5.41, 5.74) is 4.88. The van der Waals surface area contributed by atoms with Gasteiger partial charge in [0.2, 0.25) is 4.80 Å². The van der Waals surface area contributed by atoms with Crippen molar-refractivity contribution in [2.45, 2.75) is 6.92 Å². The lowest BCUT2D eigenvalue weighted by molar-refractivity contribution is -0.118. The van der Waals surface area contributed by atoms with E-state index in [1.165, 1.54) is 11.3 Å². The average Bonchev–Trinajstić information content (AvgIpc) is 3.27. The normalized spacial score (nSPS) is 13.6. The Hall–Kier alpha value is -3.90. The molecule has 0 spiro atoms. The molecule has 1 aliphatic rings. The van der Waals surface area contributed by atoms with Crippen molar-refractivity contribution in [2.75, 3.05) is 11.9 Å². The number of ether oxygens (including phenoxy) is 1. The smallest absolute Gasteiger partial charge is 0.262 e. The van der Waals surface area contributed by atoms with Gasteiger partial charge in [-0.05, 0) is 61.0 Å². The van der Waals surface area contributed by atoms with E-state index < -0.39 is 0 Å². The number of nitrogens with one attached hydrogen (secondary N) is 1. The Morgan fingerprint density at radius 2 is 1.94 bits per heavy atom. The zero-order valence-corrected chi connectivity index (χ0v) is 21.2. The van der Waals surface area contributed by atoms with E-state index in [1.54, 1.807) is 35.0 Å². The summed E-state index contributed by atoms with van der Waals surface area (Å²) in [6.07, 6.45) is 0. The monoisotopic (exact) mass is 533 g/mol. The number of aromatic nitrogens is 1. The van der Waals surface area contributed by atoms with Crippen LogP contribution in [0, 0.1) is 11.3 Å². The first-order chi connectivity index (χ1) is 17.4. The number of anilines is 1. The fourth-order valence-electron chi connectivity index (χ4n) is 3.58. The molecule has 0 saturated carbocycles. The van der Waals surface area contributed by atoms with Gasteiger partial charge in [-0.1, -0.05) is 35.3 Å². The summed E-state index contributed by atoms with van der Waals surface area (Å²) in [6.45, 7) is 1.87. The second-order valence-corrected chi connectivity index (χ2v) is 9.53. The average molecular weight is 534 g/mol. The SMILES string of the molecule is CC(=Nn1c(-c2ccc3c(c2)NC(=O)CO3)csc1=Nc1ccc(Cl)cc1Cl)c1ccc(C#N)cc1. The standard InChI is InChI=1S/C26H17Cl2N5O2S/c1-15(17-4-2-16(12-29)3-5-17)32-33-23(18-6-9-24-22(10-18)30-25(34)13-35-24)14-36-26(33)31-21-8-7-19(27)11-20(21)28/h2-11,14H,13H2,1H3,(H,30,34). The molecule has 1 N–H and O–H groups in total. The summed E-state index contributed by atoms with van der Waals surface area (Å²) in [5, 5.41) is 19.7. The van der Waals surface area contributed by atoms with Gasteiger partial charge in [0.15, 0.2) is 6.61 Å². The van der Waals surface area contributed by atoms with E-state index >= 15 is 0 Å². The molecule has 1 aromatic heterocycles. The van der Waals surface area contributed by atoms with Crippen LogP contribution in [0.4, 0.5) is 11.4 Å². The van der Waals surface area contributed by atoms with Crippen LogP contribution >= 0.6 is 34.5 Å². The summed E-state index contributed by atoms with van der Waals surface area (Å²) < 4.78 is 7.23. The van der Waals surface area contributed by atoms with E-state index in [2.05, 4.69) is 11.4 Å². The fraction of sp³-hybridized carbons (Fsp3) is 0.0769. The van der Waals surface area contributed by atoms with Crippen LogP contribution in [0.3, 0.4) is 0 Å². The molecular weight excluding hydrogens is 517 g/mol. The second kappa shape index (κ2) is 9.99. The Balaban J connectivity index is 1.67. The van der Waals surface area contributed by atoms with Gasteiger partial charge in [-0.15, -0.1) is 11.3 Å². The van der Waals surface area contributed by atoms with Crippen molar-refractivity contribution >= 4 is 57.5 Å². The number of rotatable bonds is 4. The highest BCUT2D eigenvalue weighted by Crippen LogP contribution is 2.33. The van der Waals surface area contributed by atoms with Crippen molar-refractivity contribution in [1.29, 1.82) is 5.26 Å². The van der Waals surface area contributed by atoms with Crippen molar-refractivity contribution in [1.82, 2.24) is 4.68 Å². The number of nitrogens with zero attached hydrogens (tertiary/aromatic N) is 4. The highest BCUT2D eigenvalue weighted by Gasteiger charge is 2.18. The van der Waals surface area contributed by atoms with Crippen LogP contribution in [-0.4, -0.2) is 22.9 Å². The highest BCUT2D eigenvalue weighted by atomic mass is 35.5. The lowest BCUT2D eigenvalue weighted by Gasteiger charge is -2.18. The van der Waals surface area contributed by atoms with Gasteiger partial charge < -0.3 is 10.1 Å². The summed E-state index contributed by atoms with van der Waals surface area (Å²) >= 11 is 13.8. The Bertz CT molecular complexity index is 1630. The quantitative estimate of drug-likeness (QED) is 0.315. The number of nitriles is 1. The number of fused-ring (bicyclic) bond motifs is 1. The van der Waals surface area contributed by atoms with Crippen molar-refractivity contribution < 1.29 is 9.53 Å². The van der Waals surface area contributed by atoms with Gasteiger partial charge in [0.1, 0.15) is 5.75 Å². The summed E-state index contributed by atoms with van der Waals surface area (Å²) in [7, 11) is 0. The summed E-state index contributed by atoms with van der Waals surface area (Å²) in [6, 6.07) is 20.0. The molecule has 0 unspecified atom stereocenters. The van der Waals surface area contributed by atoms with E-state index in [4.69, 9.17) is 43.3 Å². The first kappa shape index (κ1) is 23.8. The van der Waals surface area contributed by atoms with Crippen molar-refractivity contribution in [2.24, 2.45) is 10.1 Å². The van der Waals surface area contributed by atoms with Gasteiger partial charge in [0.05, 0.1) is 39.4 Å². The second-order valence-electron chi connectivity index (χ2n) is 7.85. The molecule has 1 amide bonds. The van der Waals surface area contributed by atoms with Crippen molar-refractivity contribution in [3.63, 3.8) is 0 Å². The van der Waals surface area contributed by atoms with Gasteiger partial charge in [-0.2, -0.15) is 10.4 Å². The molecule has 0 atom stereocenters. The number of hydrogen-bond acceptors (Lipinski definition) is 6. The van der Waals surface area contributed by atoms with Crippen LogP contribution in [0.2, 0.25) is 10.0 Å². The largest absolute Gasteiger partial charge is 0.482 e. The van der Waals surface area contributed by atoms with Crippen LogP contribution in [0.15, 0.2) is 76.1 Å². The number of carbonyl (C=O) groups is 1. The van der Waals surface area contributed by atoms with Crippen LogP contribution in [0.1, 0.15) is 18.1 Å². The molecule has 10 heteroatoms. The van der Waals surface area contributed by atoms with E-state index in [0.717, 1.165) is 22.5 Å². The number of benzene rings is 3. The molecule has 36 heavy (non-hydrogen) atoms. The molecule has 0 fully saturated rings. The Morgan fingerprint density at radius 3 is 2.69 bits per heavy atom. The van der Waals surface area contributed by atoms with Gasteiger partial charge in [-0.25, -0.2) is 9.67 Å². The molecule has 7 nitrogen and oxygen atoms in total. The number of halogens is 2. The number of thiazole rings is 1. The number of amides is 1. The van der Waals surface area contributed by atoms with E-state index in [9.17, 15) is 4.79 Å². The minimum Gasteiger partial charge on any atom is -0.482 e. The fourth-order valence-corrected chi connectivity index (χ4v) is 4.88. The van der Waals surface area contributed by atoms with E-state index in [-0.39, 0.29) is 12.5 Å². The Morgan fingerprint density at radius 1 is 1.14 bits per heavy atom. The molecule has 5 rings (SSSR count). The van der Waals surface area contributed by atoms with E-state index in [1.807, 2.05) is 42.6 Å². The molecular formula is C26H17Cl2N5O2S. The molecule has 0 bridgehead atoms. The van der Waals surface area contributed by atoms with Gasteiger partial charge in [-0.3, -0.25) is 4.79 Å². The Labute approximate surface area is 220 Å². The third-order valence-corrected chi connectivity index (χ3v) is 6.76. The maximum atomic E-state index is 11.8. The van der Waals surface area contributed by atoms with Crippen LogP contribution in [-0.2, 0) is 4.79 Å². The molecule has 4 aromatic rings. The topological polar surface area (TPSA) is 91.8 Å². The zero-order chi connectivity index (χ0) is 25.2. The predicted octanol–water partition coefficient (Wildman–Crippen LogP) is 6.23. The minimum atomic E-state index is -0.208. The first-order valence-corrected chi connectivity index (χ1v) is 12.4. The highest BCUT2D eigenvalue weighted by molar-refractivity contribution is 7.07. The summed E-state index contributed by atoms with van der Waals surface area (Å²) in [5.74, 6) is 0.399. The van der Waals surface area contributed by atoms with Crippen molar-refractivity contribution in [3.05, 3.63) is 92.0 Å². The summed E-state index contributed by atoms with van der Waals surface area (Å²) in [4.78, 5) is 17.2. The van der Waals surface area contributed by atoms with Crippen LogP contribution in [0.5, 0.6) is 5.75 Å². The molecule has 0 aliphatic carbocycles. The van der Waals surface area contributed by atoms with Gasteiger partial charge in [0, 0.05) is 16.0 Å². The first-order valence-electron chi connectivity index (χ1n) is 10.7. The number of hydrogen-bond donors (Lipinski definition) is 1. The van der Waals surface area contributed by atoms with Crippen LogP contribution in [0.25, 0.3) is 11.3 Å². The maximum absolute atomic E-state index is 11.8. The third kappa shape index (κ3) is 4.90. The molecule has 178 valence electrons. The van der Waals surface area contributed by atoms with Gasteiger partial charge in [0.25, 0.3) is 5.91 Å². The lowest BCUT2D eigenvalue weighted by atomic mass is 10.1. The van der Waals surface area contributed by atoms with Crippen molar-refractivity contribution in [3.8, 4) is 23.1 Å². The minimum absolute atomic E-state index is 0.0102. The third-order valence-electron chi connectivity index (χ3n) is 5.40. The Kier molecular flexibility index (Phi) is 6.61. The maximum Gasteiger partial charge on any atom is 0.262 e. The molecule has 0 saturated heterocycles. The van der Waals surface area contributed by atoms with Crippen LogP contribution < -0.4 is 14.9 Å². The zero-order valence-electron chi connectivity index (χ0n) is 18.8. The van der Waals surface area contributed by atoms with E-state index in [0.29, 0.717) is 37.5 Å². The number of carbonyl (C=O) groups excluding carboxylic acids is 1. The molecule has 2 heterocycles. The molecule has 1 aliphatic heterocycles. The molecule has 3 aromatic carbocycles.